The molecule has 0 saturated heterocycles. The number of carboxylic acid groups (broad SMARTS) is 1. The summed E-state index contributed by atoms with van der Waals surface area (Å²) in [5, 5.41) is 9.66. The number of methoxy groups -OCH3 is 2. The summed E-state index contributed by atoms with van der Waals surface area (Å²) >= 11 is 0. The lowest BCUT2D eigenvalue weighted by molar-refractivity contribution is -0.143. The molecule has 0 amide bonds. The van der Waals surface area contributed by atoms with E-state index in [1.807, 2.05) is 19.1 Å². The Balaban J connectivity index is 2.57. The van der Waals surface area contributed by atoms with Crippen LogP contribution in [0.25, 0.3) is 0 Å². The first-order valence-electron chi connectivity index (χ1n) is 6.51. The van der Waals surface area contributed by atoms with Gasteiger partial charge in [0.15, 0.2) is 11.5 Å². The van der Waals surface area contributed by atoms with Crippen LogP contribution in [0.2, 0.25) is 0 Å². The number of carboxylic acids is 1. The van der Waals surface area contributed by atoms with Crippen LogP contribution in [0, 0.1) is 6.92 Å². The number of rotatable bonds is 4. The van der Waals surface area contributed by atoms with E-state index in [1.165, 1.54) is 0 Å². The molecule has 0 atom stereocenters. The highest BCUT2D eigenvalue weighted by Crippen LogP contribution is 2.45. The molecule has 1 aromatic carbocycles. The molecular weight excluding hydrogens is 244 g/mol. The topological polar surface area (TPSA) is 55.8 Å². The quantitative estimate of drug-likeness (QED) is 0.908. The number of hydrogen-bond donors (Lipinski definition) is 1. The zero-order valence-corrected chi connectivity index (χ0v) is 11.7. The average Bonchev–Trinajstić information content (AvgIpc) is 2.88. The molecule has 1 aliphatic carbocycles. The van der Waals surface area contributed by atoms with Crippen LogP contribution in [0.5, 0.6) is 11.5 Å². The molecule has 0 aliphatic heterocycles. The Labute approximate surface area is 113 Å². The molecule has 0 aromatic heterocycles. The summed E-state index contributed by atoms with van der Waals surface area (Å²) in [4.78, 5) is 11.8. The Hall–Kier alpha value is -1.71. The van der Waals surface area contributed by atoms with E-state index < -0.39 is 11.4 Å². The maximum Gasteiger partial charge on any atom is 0.314 e. The summed E-state index contributed by atoms with van der Waals surface area (Å²) in [5.74, 6) is 0.498. The van der Waals surface area contributed by atoms with Gasteiger partial charge in [0.1, 0.15) is 0 Å². The first-order valence-corrected chi connectivity index (χ1v) is 6.51. The fourth-order valence-corrected chi connectivity index (χ4v) is 3.07. The van der Waals surface area contributed by atoms with Gasteiger partial charge in [0, 0.05) is 0 Å². The van der Waals surface area contributed by atoms with Crippen molar-refractivity contribution in [2.75, 3.05) is 14.2 Å². The van der Waals surface area contributed by atoms with Crippen LogP contribution in [0.3, 0.4) is 0 Å². The minimum Gasteiger partial charge on any atom is -0.493 e. The van der Waals surface area contributed by atoms with Crippen LogP contribution >= 0.6 is 0 Å². The van der Waals surface area contributed by atoms with Crippen LogP contribution in [0.4, 0.5) is 0 Å². The number of carbonyl (C=O) groups is 1. The molecule has 1 fully saturated rings. The summed E-state index contributed by atoms with van der Waals surface area (Å²) in [5.41, 5.74) is 1.04. The largest absolute Gasteiger partial charge is 0.493 e. The average molecular weight is 264 g/mol. The van der Waals surface area contributed by atoms with Gasteiger partial charge >= 0.3 is 5.97 Å². The third-order valence-corrected chi connectivity index (χ3v) is 4.11. The highest BCUT2D eigenvalue weighted by Gasteiger charge is 2.44. The standard InChI is InChI=1S/C15H20O4/c1-10-8-12(18-2)13(19-3)9-11(10)15(14(16)17)6-4-5-7-15/h8-9H,4-7H2,1-3H3,(H,16,17). The Bertz CT molecular complexity index is 487. The van der Waals surface area contributed by atoms with Crippen molar-refractivity contribution < 1.29 is 19.4 Å². The van der Waals surface area contributed by atoms with E-state index in [4.69, 9.17) is 9.47 Å². The van der Waals surface area contributed by atoms with Gasteiger partial charge in [0.2, 0.25) is 0 Å². The van der Waals surface area contributed by atoms with E-state index in [9.17, 15) is 9.90 Å². The first-order chi connectivity index (χ1) is 9.05. The van der Waals surface area contributed by atoms with Crippen molar-refractivity contribution in [3.05, 3.63) is 23.3 Å². The van der Waals surface area contributed by atoms with Gasteiger partial charge in [-0.1, -0.05) is 12.8 Å². The van der Waals surface area contributed by atoms with Gasteiger partial charge in [0.05, 0.1) is 19.6 Å². The van der Waals surface area contributed by atoms with Crippen molar-refractivity contribution >= 4 is 5.97 Å². The van der Waals surface area contributed by atoms with Crippen LogP contribution in [-0.2, 0) is 10.2 Å². The van der Waals surface area contributed by atoms with E-state index in [2.05, 4.69) is 0 Å². The molecule has 2 rings (SSSR count). The number of aryl methyl sites for hydroxylation is 1. The Morgan fingerprint density at radius 2 is 1.68 bits per heavy atom. The van der Waals surface area contributed by atoms with Crippen molar-refractivity contribution in [1.29, 1.82) is 0 Å². The molecule has 0 bridgehead atoms. The Morgan fingerprint density at radius 1 is 1.16 bits per heavy atom. The predicted octanol–water partition coefficient (Wildman–Crippen LogP) is 2.91. The Morgan fingerprint density at radius 3 is 2.16 bits per heavy atom. The fourth-order valence-electron chi connectivity index (χ4n) is 3.07. The van der Waals surface area contributed by atoms with Gasteiger partial charge in [0.25, 0.3) is 0 Å². The highest BCUT2D eigenvalue weighted by atomic mass is 16.5. The molecule has 0 spiro atoms. The minimum absolute atomic E-state index is 0.593. The van der Waals surface area contributed by atoms with Crippen LogP contribution in [0.1, 0.15) is 36.8 Å². The van der Waals surface area contributed by atoms with Gasteiger partial charge < -0.3 is 14.6 Å². The molecule has 1 saturated carbocycles. The molecular formula is C15H20O4. The second-order valence-corrected chi connectivity index (χ2v) is 5.12. The van der Waals surface area contributed by atoms with Gasteiger partial charge in [-0.2, -0.15) is 0 Å². The summed E-state index contributed by atoms with van der Waals surface area (Å²) in [6.07, 6.45) is 3.30. The third kappa shape index (κ3) is 2.15. The number of ether oxygens (including phenoxy) is 2. The van der Waals surface area contributed by atoms with E-state index in [1.54, 1.807) is 14.2 Å². The second kappa shape index (κ2) is 5.11. The summed E-state index contributed by atoms with van der Waals surface area (Å²) in [6.45, 7) is 1.93. The fraction of sp³-hybridized carbons (Fsp3) is 0.533. The smallest absolute Gasteiger partial charge is 0.314 e. The molecule has 1 aromatic rings. The Kier molecular flexibility index (Phi) is 3.69. The molecule has 0 heterocycles. The molecule has 4 nitrogen and oxygen atoms in total. The van der Waals surface area contributed by atoms with E-state index >= 15 is 0 Å². The van der Waals surface area contributed by atoms with Gasteiger partial charge in [-0.3, -0.25) is 4.79 Å². The van der Waals surface area contributed by atoms with Gasteiger partial charge in [-0.05, 0) is 43.0 Å². The number of hydrogen-bond acceptors (Lipinski definition) is 3. The van der Waals surface area contributed by atoms with Crippen molar-refractivity contribution in [3.8, 4) is 11.5 Å². The molecule has 0 radical (unpaired) electrons. The third-order valence-electron chi connectivity index (χ3n) is 4.11. The molecule has 0 unspecified atom stereocenters. The second-order valence-electron chi connectivity index (χ2n) is 5.12. The molecule has 19 heavy (non-hydrogen) atoms. The van der Waals surface area contributed by atoms with Crippen LogP contribution < -0.4 is 9.47 Å². The molecule has 1 N–H and O–H groups in total. The SMILES string of the molecule is COc1cc(C)c(C2(C(=O)O)CCCC2)cc1OC. The summed E-state index contributed by atoms with van der Waals surface area (Å²) in [7, 11) is 3.15. The van der Waals surface area contributed by atoms with Gasteiger partial charge in [-0.25, -0.2) is 0 Å². The van der Waals surface area contributed by atoms with E-state index in [-0.39, 0.29) is 0 Å². The van der Waals surface area contributed by atoms with Crippen molar-refractivity contribution in [3.63, 3.8) is 0 Å². The molecule has 1 aliphatic rings. The molecule has 104 valence electrons. The highest BCUT2D eigenvalue weighted by molar-refractivity contribution is 5.82. The lowest BCUT2D eigenvalue weighted by Gasteiger charge is -2.27. The van der Waals surface area contributed by atoms with Crippen molar-refractivity contribution in [2.45, 2.75) is 38.0 Å². The monoisotopic (exact) mass is 264 g/mol. The van der Waals surface area contributed by atoms with E-state index in [0.717, 1.165) is 24.0 Å². The van der Waals surface area contributed by atoms with Crippen molar-refractivity contribution in [1.82, 2.24) is 0 Å². The molecule has 4 heteroatoms. The van der Waals surface area contributed by atoms with Gasteiger partial charge in [-0.15, -0.1) is 0 Å². The number of benzene rings is 1. The normalized spacial score (nSPS) is 17.2. The van der Waals surface area contributed by atoms with Crippen LogP contribution in [0.15, 0.2) is 12.1 Å². The maximum atomic E-state index is 11.8. The summed E-state index contributed by atoms with van der Waals surface area (Å²) < 4.78 is 10.6. The van der Waals surface area contributed by atoms with E-state index in [0.29, 0.717) is 24.3 Å². The first kappa shape index (κ1) is 13.7. The zero-order valence-electron chi connectivity index (χ0n) is 11.7. The zero-order chi connectivity index (χ0) is 14.0. The summed E-state index contributed by atoms with van der Waals surface area (Å²) in [6, 6.07) is 3.69. The minimum atomic E-state index is -0.760. The maximum absolute atomic E-state index is 11.8. The lowest BCUT2D eigenvalue weighted by Crippen LogP contribution is -2.33. The lowest BCUT2D eigenvalue weighted by atomic mass is 9.77. The van der Waals surface area contributed by atoms with Crippen LogP contribution in [-0.4, -0.2) is 25.3 Å². The predicted molar refractivity (Wildman–Crippen MR) is 72.1 cm³/mol. The number of aliphatic carboxylic acids is 1. The van der Waals surface area contributed by atoms with Crippen molar-refractivity contribution in [2.24, 2.45) is 0 Å².